The maximum atomic E-state index is 13.5. The average molecular weight is 603 g/mol. The molecule has 1 aliphatic heterocycles. The smallest absolute Gasteiger partial charge is 0.338 e. The van der Waals surface area contributed by atoms with E-state index in [2.05, 4.69) is 36.9 Å². The first-order chi connectivity index (χ1) is 15.2. The number of carbonyl (C=O) groups is 1. The molecule has 0 fully saturated rings. The molecular weight excluding hydrogens is 588 g/mol. The van der Waals surface area contributed by atoms with Gasteiger partial charge >= 0.3 is 5.97 Å². The van der Waals surface area contributed by atoms with Crippen molar-refractivity contribution < 1.29 is 18.7 Å². The van der Waals surface area contributed by atoms with Crippen molar-refractivity contribution in [2.75, 3.05) is 14.2 Å². The summed E-state index contributed by atoms with van der Waals surface area (Å²) in [5.74, 6) is 0.366. The molecule has 0 radical (unpaired) electrons. The lowest BCUT2D eigenvalue weighted by atomic mass is 9.95. The number of nitrogens with zero attached hydrogens (tertiary/aromatic N) is 2. The Balaban J connectivity index is 2.03. The molecule has 0 spiro atoms. The summed E-state index contributed by atoms with van der Waals surface area (Å²) in [5.41, 5.74) is 0.889. The van der Waals surface area contributed by atoms with E-state index in [-0.39, 0.29) is 11.1 Å². The lowest BCUT2D eigenvalue weighted by Gasteiger charge is -2.25. The summed E-state index contributed by atoms with van der Waals surface area (Å²) < 4.78 is 19.2. The lowest BCUT2D eigenvalue weighted by molar-refractivity contribution is -0.136. The number of furan rings is 1. The van der Waals surface area contributed by atoms with E-state index in [9.17, 15) is 9.59 Å². The standard InChI is InChI=1S/C21H15Br2ClN2O5S/c1-9-16(20(28)30-3)17(12-6-10(24)4-5-14(12)29-2)26-19(27)15(32-21(26)25-9)8-11-7-13(22)18(23)31-11/h4-8,17H,1-3H3/b15-8-/t17-/m1/s1. The van der Waals surface area contributed by atoms with Gasteiger partial charge in [-0.05, 0) is 63.0 Å². The Kier molecular flexibility index (Phi) is 6.49. The molecule has 7 nitrogen and oxygen atoms in total. The minimum absolute atomic E-state index is 0.232. The molecule has 11 heteroatoms. The average Bonchev–Trinajstić information content (AvgIpc) is 3.24. The SMILES string of the molecule is COC(=O)C1=C(C)N=c2s/c(=C\c3cc(Br)c(Br)o3)c(=O)n2[C@@H]1c1cc(Cl)ccc1OC. The van der Waals surface area contributed by atoms with Crippen LogP contribution in [-0.2, 0) is 9.53 Å². The number of benzene rings is 1. The monoisotopic (exact) mass is 600 g/mol. The third kappa shape index (κ3) is 4.00. The van der Waals surface area contributed by atoms with Crippen LogP contribution in [-0.4, -0.2) is 24.8 Å². The Morgan fingerprint density at radius 3 is 2.69 bits per heavy atom. The third-order valence-corrected chi connectivity index (χ3v) is 7.78. The Morgan fingerprint density at radius 1 is 1.31 bits per heavy atom. The molecular formula is C21H15Br2ClN2O5S. The van der Waals surface area contributed by atoms with Crippen LogP contribution >= 0.6 is 54.8 Å². The number of esters is 1. The highest BCUT2D eigenvalue weighted by Gasteiger charge is 2.35. The van der Waals surface area contributed by atoms with Crippen molar-refractivity contribution in [3.63, 3.8) is 0 Å². The van der Waals surface area contributed by atoms with Crippen LogP contribution in [0.5, 0.6) is 5.75 Å². The van der Waals surface area contributed by atoms with Crippen LogP contribution in [0, 0.1) is 0 Å². The molecule has 0 saturated heterocycles. The fourth-order valence-corrected chi connectivity index (χ4v) is 5.28. The van der Waals surface area contributed by atoms with E-state index in [0.29, 0.717) is 41.8 Å². The molecule has 4 rings (SSSR count). The number of fused-ring (bicyclic) bond motifs is 1. The number of hydrogen-bond acceptors (Lipinski definition) is 7. The Hall–Kier alpha value is -2.14. The van der Waals surface area contributed by atoms with Crippen molar-refractivity contribution in [2.24, 2.45) is 4.99 Å². The van der Waals surface area contributed by atoms with Gasteiger partial charge in [0.2, 0.25) is 0 Å². The van der Waals surface area contributed by atoms with E-state index in [0.717, 1.165) is 4.47 Å². The number of hydrogen-bond donors (Lipinski definition) is 0. The lowest BCUT2D eigenvalue weighted by Crippen LogP contribution is -2.40. The predicted octanol–water partition coefficient (Wildman–Crippen LogP) is 4.19. The topological polar surface area (TPSA) is 83.0 Å². The maximum Gasteiger partial charge on any atom is 0.338 e. The van der Waals surface area contributed by atoms with E-state index < -0.39 is 12.0 Å². The molecule has 2 aromatic heterocycles. The second-order valence-corrected chi connectivity index (χ2v) is 9.75. The Morgan fingerprint density at radius 2 is 2.06 bits per heavy atom. The molecule has 166 valence electrons. The van der Waals surface area contributed by atoms with Crippen LogP contribution in [0.2, 0.25) is 5.02 Å². The van der Waals surface area contributed by atoms with Crippen LogP contribution < -0.4 is 19.6 Å². The quantitative estimate of drug-likeness (QED) is 0.419. The van der Waals surface area contributed by atoms with E-state index in [1.54, 1.807) is 37.3 Å². The second-order valence-electron chi connectivity index (χ2n) is 6.73. The summed E-state index contributed by atoms with van der Waals surface area (Å²) in [4.78, 5) is 31.2. The summed E-state index contributed by atoms with van der Waals surface area (Å²) in [6.07, 6.45) is 1.63. The van der Waals surface area contributed by atoms with Crippen molar-refractivity contribution in [1.29, 1.82) is 0 Å². The van der Waals surface area contributed by atoms with Crippen molar-refractivity contribution in [3.05, 3.63) is 80.7 Å². The predicted molar refractivity (Wildman–Crippen MR) is 128 cm³/mol. The Labute approximate surface area is 207 Å². The molecule has 3 aromatic rings. The normalized spacial score (nSPS) is 16.1. The van der Waals surface area contributed by atoms with E-state index in [4.69, 9.17) is 25.5 Å². The van der Waals surface area contributed by atoms with Gasteiger partial charge in [-0.1, -0.05) is 22.9 Å². The van der Waals surface area contributed by atoms with Gasteiger partial charge in [-0.25, -0.2) is 9.79 Å². The van der Waals surface area contributed by atoms with Gasteiger partial charge in [0.25, 0.3) is 5.56 Å². The van der Waals surface area contributed by atoms with Crippen LogP contribution in [0.4, 0.5) is 0 Å². The van der Waals surface area contributed by atoms with Gasteiger partial charge < -0.3 is 13.9 Å². The molecule has 1 aromatic carbocycles. The fourth-order valence-electron chi connectivity index (χ4n) is 3.47. The molecule has 1 aliphatic rings. The van der Waals surface area contributed by atoms with Crippen molar-refractivity contribution in [3.8, 4) is 5.75 Å². The summed E-state index contributed by atoms with van der Waals surface area (Å²) in [6.45, 7) is 1.70. The number of thiazole rings is 1. The summed E-state index contributed by atoms with van der Waals surface area (Å²) >= 11 is 14.1. The van der Waals surface area contributed by atoms with Gasteiger partial charge in [0.1, 0.15) is 17.6 Å². The summed E-state index contributed by atoms with van der Waals surface area (Å²) in [5, 5.41) is 0.437. The second kappa shape index (κ2) is 9.01. The molecule has 0 N–H and O–H groups in total. The molecule has 0 saturated carbocycles. The van der Waals surface area contributed by atoms with Crippen LogP contribution in [0.3, 0.4) is 0 Å². The van der Waals surface area contributed by atoms with Crippen molar-refractivity contribution in [2.45, 2.75) is 13.0 Å². The van der Waals surface area contributed by atoms with E-state index in [1.165, 1.54) is 30.1 Å². The zero-order valence-corrected chi connectivity index (χ0v) is 21.7. The number of methoxy groups -OCH3 is 2. The molecule has 0 unspecified atom stereocenters. The number of aromatic nitrogens is 1. The number of halogens is 3. The maximum absolute atomic E-state index is 13.5. The highest BCUT2D eigenvalue weighted by Crippen LogP contribution is 2.37. The zero-order chi connectivity index (χ0) is 23.2. The molecule has 0 bridgehead atoms. The highest BCUT2D eigenvalue weighted by molar-refractivity contribution is 9.13. The minimum Gasteiger partial charge on any atom is -0.496 e. The number of rotatable bonds is 4. The summed E-state index contributed by atoms with van der Waals surface area (Å²) in [6, 6.07) is 5.95. The fraction of sp³-hybridized carbons (Fsp3) is 0.190. The first kappa shape index (κ1) is 23.0. The molecule has 1 atom stereocenters. The van der Waals surface area contributed by atoms with Crippen molar-refractivity contribution >= 4 is 66.8 Å². The Bertz CT molecular complexity index is 1430. The molecule has 32 heavy (non-hydrogen) atoms. The molecule has 0 aliphatic carbocycles. The first-order valence-corrected chi connectivity index (χ1v) is 11.9. The molecule has 3 heterocycles. The minimum atomic E-state index is -0.829. The van der Waals surface area contributed by atoms with Crippen LogP contribution in [0.1, 0.15) is 24.3 Å². The summed E-state index contributed by atoms with van der Waals surface area (Å²) in [7, 11) is 2.80. The van der Waals surface area contributed by atoms with Crippen LogP contribution in [0.15, 0.2) is 58.9 Å². The van der Waals surface area contributed by atoms with Crippen LogP contribution in [0.25, 0.3) is 6.08 Å². The molecule has 0 amide bonds. The van der Waals surface area contributed by atoms with Gasteiger partial charge in [0.15, 0.2) is 9.47 Å². The number of allylic oxidation sites excluding steroid dienone is 1. The highest BCUT2D eigenvalue weighted by atomic mass is 79.9. The van der Waals surface area contributed by atoms with E-state index in [1.807, 2.05) is 0 Å². The first-order valence-electron chi connectivity index (χ1n) is 9.14. The number of carbonyl (C=O) groups excluding carboxylic acids is 1. The van der Waals surface area contributed by atoms with Gasteiger partial charge in [0.05, 0.1) is 34.5 Å². The van der Waals surface area contributed by atoms with Crippen molar-refractivity contribution in [1.82, 2.24) is 4.57 Å². The van der Waals surface area contributed by atoms with Gasteiger partial charge in [-0.3, -0.25) is 9.36 Å². The zero-order valence-electron chi connectivity index (χ0n) is 16.9. The van der Waals surface area contributed by atoms with Gasteiger partial charge in [0, 0.05) is 16.7 Å². The van der Waals surface area contributed by atoms with Gasteiger partial charge in [-0.15, -0.1) is 0 Å². The largest absolute Gasteiger partial charge is 0.496 e. The van der Waals surface area contributed by atoms with Gasteiger partial charge in [-0.2, -0.15) is 0 Å². The van der Waals surface area contributed by atoms with E-state index >= 15 is 0 Å². The number of ether oxygens (including phenoxy) is 2. The third-order valence-electron chi connectivity index (χ3n) is 4.85.